The summed E-state index contributed by atoms with van der Waals surface area (Å²) in [6.45, 7) is 1.43. The van der Waals surface area contributed by atoms with E-state index in [4.69, 9.17) is 17.3 Å². The van der Waals surface area contributed by atoms with E-state index in [1.54, 1.807) is 18.2 Å². The van der Waals surface area contributed by atoms with Crippen molar-refractivity contribution < 1.29 is 9.59 Å². The zero-order valence-electron chi connectivity index (χ0n) is 14.3. The minimum atomic E-state index is -0.182. The normalized spacial score (nSPS) is 27.8. The van der Waals surface area contributed by atoms with Gasteiger partial charge >= 0.3 is 0 Å². The summed E-state index contributed by atoms with van der Waals surface area (Å²) in [7, 11) is 0. The SMILES string of the molecule is CC(=O)Nc1ccc(NC(=O)C2CC3CCCC(C2)C3N)cc1Cl.Cl. The number of amides is 2. The summed E-state index contributed by atoms with van der Waals surface area (Å²) in [6, 6.07) is 5.38. The number of benzene rings is 1. The third-order valence-electron chi connectivity index (χ3n) is 5.33. The molecule has 2 unspecified atom stereocenters. The van der Waals surface area contributed by atoms with Crippen molar-refractivity contribution in [2.45, 2.75) is 45.1 Å². The van der Waals surface area contributed by atoms with Crippen molar-refractivity contribution in [3.05, 3.63) is 23.2 Å². The van der Waals surface area contributed by atoms with Crippen molar-refractivity contribution in [1.82, 2.24) is 0 Å². The minimum absolute atomic E-state index is 0. The van der Waals surface area contributed by atoms with E-state index in [0.717, 1.165) is 25.7 Å². The van der Waals surface area contributed by atoms with Gasteiger partial charge in [-0.05, 0) is 55.7 Å². The van der Waals surface area contributed by atoms with Crippen molar-refractivity contribution in [3.63, 3.8) is 0 Å². The van der Waals surface area contributed by atoms with Crippen LogP contribution in [0.1, 0.15) is 39.0 Å². The number of carbonyl (C=O) groups is 2. The highest BCUT2D eigenvalue weighted by Crippen LogP contribution is 2.42. The Hall–Kier alpha value is -1.30. The average molecular weight is 386 g/mol. The quantitative estimate of drug-likeness (QED) is 0.739. The number of rotatable bonds is 3. The van der Waals surface area contributed by atoms with Crippen LogP contribution < -0.4 is 16.4 Å². The molecular formula is C18H25Cl2N3O2. The van der Waals surface area contributed by atoms with E-state index in [-0.39, 0.29) is 36.2 Å². The van der Waals surface area contributed by atoms with Gasteiger partial charge in [0.15, 0.2) is 0 Å². The van der Waals surface area contributed by atoms with Crippen LogP contribution in [-0.2, 0) is 9.59 Å². The Labute approximate surface area is 159 Å². The van der Waals surface area contributed by atoms with Crippen LogP contribution in [0.5, 0.6) is 0 Å². The first-order valence-electron chi connectivity index (χ1n) is 8.57. The van der Waals surface area contributed by atoms with Gasteiger partial charge in [-0.2, -0.15) is 0 Å². The summed E-state index contributed by atoms with van der Waals surface area (Å²) in [4.78, 5) is 23.7. The van der Waals surface area contributed by atoms with Gasteiger partial charge in [0, 0.05) is 24.6 Å². The van der Waals surface area contributed by atoms with Gasteiger partial charge in [0.25, 0.3) is 0 Å². The minimum Gasteiger partial charge on any atom is -0.327 e. The summed E-state index contributed by atoms with van der Waals surface area (Å²) in [5.74, 6) is 0.827. The monoisotopic (exact) mass is 385 g/mol. The van der Waals surface area contributed by atoms with Crippen LogP contribution in [0.15, 0.2) is 18.2 Å². The fraction of sp³-hybridized carbons (Fsp3) is 0.556. The second kappa shape index (κ2) is 8.39. The Morgan fingerprint density at radius 3 is 2.36 bits per heavy atom. The van der Waals surface area contributed by atoms with Crippen LogP contribution in [0, 0.1) is 17.8 Å². The first kappa shape index (κ1) is 20.0. The van der Waals surface area contributed by atoms with E-state index in [9.17, 15) is 9.59 Å². The number of hydrogen-bond donors (Lipinski definition) is 3. The first-order valence-corrected chi connectivity index (χ1v) is 8.95. The molecule has 4 N–H and O–H groups in total. The Morgan fingerprint density at radius 1 is 1.16 bits per heavy atom. The summed E-state index contributed by atoms with van der Waals surface area (Å²) < 4.78 is 0. The van der Waals surface area contributed by atoms with E-state index < -0.39 is 0 Å². The Morgan fingerprint density at radius 2 is 1.80 bits per heavy atom. The lowest BCUT2D eigenvalue weighted by Crippen LogP contribution is -2.48. The molecule has 0 heterocycles. The molecule has 3 rings (SSSR count). The van der Waals surface area contributed by atoms with Crippen molar-refractivity contribution in [1.29, 1.82) is 0 Å². The predicted octanol–water partition coefficient (Wildman–Crippen LogP) is 3.81. The highest BCUT2D eigenvalue weighted by molar-refractivity contribution is 6.34. The van der Waals surface area contributed by atoms with E-state index in [0.29, 0.717) is 28.2 Å². The average Bonchev–Trinajstić information content (AvgIpc) is 2.49. The molecule has 2 aliphatic rings. The standard InChI is InChI=1S/C18H24ClN3O2.ClH/c1-10(23)21-16-6-5-14(9-15(16)19)22-18(24)13-7-11-3-2-4-12(8-13)17(11)20;/h5-6,9,11-13,17H,2-4,7-8,20H2,1H3,(H,21,23)(H,22,24);1H. The van der Waals surface area contributed by atoms with Crippen molar-refractivity contribution in [2.24, 2.45) is 23.5 Å². The van der Waals surface area contributed by atoms with E-state index >= 15 is 0 Å². The van der Waals surface area contributed by atoms with Gasteiger partial charge in [-0.15, -0.1) is 12.4 Å². The highest BCUT2D eigenvalue weighted by atomic mass is 35.5. The maximum absolute atomic E-state index is 12.6. The van der Waals surface area contributed by atoms with Crippen LogP contribution in [0.2, 0.25) is 5.02 Å². The summed E-state index contributed by atoms with van der Waals surface area (Å²) in [5, 5.41) is 6.02. The Balaban J connectivity index is 0.00000225. The van der Waals surface area contributed by atoms with Crippen LogP contribution in [-0.4, -0.2) is 17.9 Å². The molecule has 2 amide bonds. The Kier molecular flexibility index (Phi) is 6.72. The molecule has 2 aliphatic carbocycles. The smallest absolute Gasteiger partial charge is 0.227 e. The molecule has 0 aliphatic heterocycles. The van der Waals surface area contributed by atoms with Gasteiger partial charge in [0.2, 0.25) is 11.8 Å². The molecule has 2 bridgehead atoms. The third-order valence-corrected chi connectivity index (χ3v) is 5.64. The maximum atomic E-state index is 12.6. The van der Waals surface area contributed by atoms with Gasteiger partial charge < -0.3 is 16.4 Å². The molecule has 25 heavy (non-hydrogen) atoms. The molecule has 138 valence electrons. The molecule has 2 atom stereocenters. The maximum Gasteiger partial charge on any atom is 0.227 e. The van der Waals surface area contributed by atoms with Crippen LogP contribution in [0.4, 0.5) is 11.4 Å². The second-order valence-corrected chi connectivity index (χ2v) is 7.47. The number of nitrogens with two attached hydrogens (primary N) is 1. The fourth-order valence-corrected chi connectivity index (χ4v) is 4.36. The fourth-order valence-electron chi connectivity index (χ4n) is 4.13. The molecule has 1 aromatic carbocycles. The number of nitrogens with one attached hydrogen (secondary N) is 2. The van der Waals surface area contributed by atoms with E-state index in [1.807, 2.05) is 0 Å². The summed E-state index contributed by atoms with van der Waals surface area (Å²) in [6.07, 6.45) is 5.26. The van der Waals surface area contributed by atoms with Crippen LogP contribution >= 0.6 is 24.0 Å². The molecule has 2 fully saturated rings. The molecule has 7 heteroatoms. The topological polar surface area (TPSA) is 84.2 Å². The van der Waals surface area contributed by atoms with Crippen molar-refractivity contribution in [3.8, 4) is 0 Å². The highest BCUT2D eigenvalue weighted by Gasteiger charge is 2.40. The van der Waals surface area contributed by atoms with Gasteiger partial charge in [-0.1, -0.05) is 18.0 Å². The van der Waals surface area contributed by atoms with Crippen molar-refractivity contribution >= 4 is 47.2 Å². The lowest BCUT2D eigenvalue weighted by atomic mass is 9.65. The molecule has 0 aromatic heterocycles. The van der Waals surface area contributed by atoms with E-state index in [2.05, 4.69) is 10.6 Å². The lowest BCUT2D eigenvalue weighted by molar-refractivity contribution is -0.122. The van der Waals surface area contributed by atoms with Gasteiger partial charge in [0.05, 0.1) is 10.7 Å². The van der Waals surface area contributed by atoms with Crippen molar-refractivity contribution in [2.75, 3.05) is 10.6 Å². The predicted molar refractivity (Wildman–Crippen MR) is 103 cm³/mol. The second-order valence-electron chi connectivity index (χ2n) is 7.06. The van der Waals surface area contributed by atoms with Crippen LogP contribution in [0.3, 0.4) is 0 Å². The van der Waals surface area contributed by atoms with Gasteiger partial charge in [-0.25, -0.2) is 0 Å². The number of anilines is 2. The molecule has 0 spiro atoms. The first-order chi connectivity index (χ1) is 11.4. The number of halogens is 2. The molecule has 0 radical (unpaired) electrons. The molecule has 2 saturated carbocycles. The zero-order chi connectivity index (χ0) is 17.3. The number of carbonyl (C=O) groups excluding carboxylic acids is 2. The molecule has 0 saturated heterocycles. The van der Waals surface area contributed by atoms with Gasteiger partial charge in [-0.3, -0.25) is 9.59 Å². The summed E-state index contributed by atoms with van der Waals surface area (Å²) >= 11 is 6.16. The molecular weight excluding hydrogens is 361 g/mol. The molecule has 5 nitrogen and oxygen atoms in total. The van der Waals surface area contributed by atoms with Gasteiger partial charge in [0.1, 0.15) is 0 Å². The van der Waals surface area contributed by atoms with Crippen LogP contribution in [0.25, 0.3) is 0 Å². The molecule has 1 aromatic rings. The van der Waals surface area contributed by atoms with E-state index in [1.165, 1.54) is 13.3 Å². The zero-order valence-corrected chi connectivity index (χ0v) is 15.8. The summed E-state index contributed by atoms with van der Waals surface area (Å²) in [5.41, 5.74) is 7.49. The Bertz CT molecular complexity index is 639. The lowest BCUT2D eigenvalue weighted by Gasteiger charge is -2.43. The number of hydrogen-bond acceptors (Lipinski definition) is 3. The largest absolute Gasteiger partial charge is 0.327 e. The number of fused-ring (bicyclic) bond motifs is 2. The third kappa shape index (κ3) is 4.66.